The Hall–Kier alpha value is -3.92. The van der Waals surface area contributed by atoms with Crippen molar-refractivity contribution >= 4 is 23.9 Å². The fourth-order valence-electron chi connectivity index (χ4n) is 3.18. The fraction of sp³-hybridized carbons (Fsp3) is 0.333. The molecule has 2 aromatic rings. The molecule has 1 heterocycles. The SMILES string of the molecule is COc1cc(/C=N\NC(=O)C(=O)NC[C@@H]2CCCO2)ccc1OCC(=O)NCc1ccccc1. The van der Waals surface area contributed by atoms with Crippen LogP contribution in [-0.2, 0) is 25.7 Å². The lowest BCUT2D eigenvalue weighted by atomic mass is 10.2. The van der Waals surface area contributed by atoms with E-state index in [1.807, 2.05) is 30.3 Å². The van der Waals surface area contributed by atoms with Gasteiger partial charge in [0.15, 0.2) is 18.1 Å². The van der Waals surface area contributed by atoms with E-state index in [2.05, 4.69) is 21.2 Å². The number of hydrazone groups is 1. The van der Waals surface area contributed by atoms with Gasteiger partial charge in [-0.1, -0.05) is 30.3 Å². The van der Waals surface area contributed by atoms with E-state index in [-0.39, 0.29) is 18.6 Å². The van der Waals surface area contributed by atoms with Crippen molar-refractivity contribution in [2.75, 3.05) is 26.9 Å². The van der Waals surface area contributed by atoms with E-state index in [4.69, 9.17) is 14.2 Å². The van der Waals surface area contributed by atoms with Gasteiger partial charge in [-0.3, -0.25) is 14.4 Å². The van der Waals surface area contributed by atoms with Crippen molar-refractivity contribution in [2.45, 2.75) is 25.5 Å². The number of hydrogen-bond acceptors (Lipinski definition) is 7. The van der Waals surface area contributed by atoms with Crippen molar-refractivity contribution in [3.05, 3.63) is 59.7 Å². The third-order valence-corrected chi connectivity index (χ3v) is 4.98. The van der Waals surface area contributed by atoms with Crippen molar-refractivity contribution in [1.82, 2.24) is 16.1 Å². The highest BCUT2D eigenvalue weighted by Gasteiger charge is 2.19. The number of ether oxygens (including phenoxy) is 3. The van der Waals surface area contributed by atoms with Gasteiger partial charge in [-0.05, 0) is 42.2 Å². The van der Waals surface area contributed by atoms with Crippen LogP contribution in [0, 0.1) is 0 Å². The van der Waals surface area contributed by atoms with Gasteiger partial charge in [0.2, 0.25) is 0 Å². The Bertz CT molecular complexity index is 1010. The first-order chi connectivity index (χ1) is 16.5. The van der Waals surface area contributed by atoms with Crippen molar-refractivity contribution in [2.24, 2.45) is 5.10 Å². The maximum Gasteiger partial charge on any atom is 0.329 e. The van der Waals surface area contributed by atoms with E-state index >= 15 is 0 Å². The second-order valence-corrected chi connectivity index (χ2v) is 7.51. The summed E-state index contributed by atoms with van der Waals surface area (Å²) in [7, 11) is 1.47. The zero-order valence-corrected chi connectivity index (χ0v) is 18.9. The molecule has 1 atom stereocenters. The number of benzene rings is 2. The summed E-state index contributed by atoms with van der Waals surface area (Å²) in [6, 6.07) is 14.5. The highest BCUT2D eigenvalue weighted by molar-refractivity contribution is 6.35. The molecule has 3 rings (SSSR count). The van der Waals surface area contributed by atoms with E-state index in [9.17, 15) is 14.4 Å². The fourth-order valence-corrected chi connectivity index (χ4v) is 3.18. The van der Waals surface area contributed by atoms with E-state index in [1.54, 1.807) is 18.2 Å². The number of carbonyl (C=O) groups excluding carboxylic acids is 3. The molecule has 0 aliphatic carbocycles. The molecule has 3 N–H and O–H groups in total. The summed E-state index contributed by atoms with van der Waals surface area (Å²) in [6.45, 7) is 1.20. The normalized spacial score (nSPS) is 15.0. The van der Waals surface area contributed by atoms with Crippen LogP contribution in [0.5, 0.6) is 11.5 Å². The molecule has 0 saturated carbocycles. The van der Waals surface area contributed by atoms with Crippen molar-refractivity contribution in [1.29, 1.82) is 0 Å². The van der Waals surface area contributed by atoms with Crippen LogP contribution in [0.4, 0.5) is 0 Å². The Labute approximate surface area is 197 Å². The van der Waals surface area contributed by atoms with Gasteiger partial charge < -0.3 is 24.8 Å². The second-order valence-electron chi connectivity index (χ2n) is 7.51. The van der Waals surface area contributed by atoms with Crippen LogP contribution >= 0.6 is 0 Å². The monoisotopic (exact) mass is 468 g/mol. The maximum atomic E-state index is 12.1. The molecule has 1 aliphatic rings. The molecule has 1 saturated heterocycles. The van der Waals surface area contributed by atoms with Crippen LogP contribution in [0.3, 0.4) is 0 Å². The van der Waals surface area contributed by atoms with Crippen LogP contribution in [0.25, 0.3) is 0 Å². The average molecular weight is 469 g/mol. The molecule has 34 heavy (non-hydrogen) atoms. The van der Waals surface area contributed by atoms with E-state index < -0.39 is 11.8 Å². The molecule has 1 aliphatic heterocycles. The molecule has 180 valence electrons. The summed E-state index contributed by atoms with van der Waals surface area (Å²) in [5, 5.41) is 9.10. The van der Waals surface area contributed by atoms with Gasteiger partial charge in [0, 0.05) is 19.7 Å². The molecule has 0 unspecified atom stereocenters. The highest BCUT2D eigenvalue weighted by Crippen LogP contribution is 2.27. The quantitative estimate of drug-likeness (QED) is 0.273. The summed E-state index contributed by atoms with van der Waals surface area (Å²) >= 11 is 0. The molecule has 10 nitrogen and oxygen atoms in total. The summed E-state index contributed by atoms with van der Waals surface area (Å²) in [5.74, 6) is -1.15. The van der Waals surface area contributed by atoms with Gasteiger partial charge in [-0.2, -0.15) is 5.10 Å². The highest BCUT2D eigenvalue weighted by atomic mass is 16.5. The third-order valence-electron chi connectivity index (χ3n) is 4.98. The maximum absolute atomic E-state index is 12.1. The van der Waals surface area contributed by atoms with Crippen LogP contribution in [0.2, 0.25) is 0 Å². The van der Waals surface area contributed by atoms with Crippen molar-refractivity contribution in [3.8, 4) is 11.5 Å². The van der Waals surface area contributed by atoms with Gasteiger partial charge in [0.25, 0.3) is 5.91 Å². The number of methoxy groups -OCH3 is 1. The number of carbonyl (C=O) groups is 3. The topological polar surface area (TPSA) is 127 Å². The Kier molecular flexibility index (Phi) is 9.41. The van der Waals surface area contributed by atoms with E-state index in [0.717, 1.165) is 18.4 Å². The molecule has 0 aromatic heterocycles. The molecule has 0 spiro atoms. The van der Waals surface area contributed by atoms with Gasteiger partial charge in [0.1, 0.15) is 0 Å². The number of hydrogen-bond donors (Lipinski definition) is 3. The second kappa shape index (κ2) is 12.9. The summed E-state index contributed by atoms with van der Waals surface area (Å²) in [5.41, 5.74) is 3.76. The molecule has 2 aromatic carbocycles. The zero-order valence-electron chi connectivity index (χ0n) is 18.9. The van der Waals surface area contributed by atoms with Crippen LogP contribution in [-0.4, -0.2) is 56.9 Å². The first-order valence-electron chi connectivity index (χ1n) is 10.9. The largest absolute Gasteiger partial charge is 0.493 e. The minimum Gasteiger partial charge on any atom is -0.493 e. The van der Waals surface area contributed by atoms with E-state index in [1.165, 1.54) is 13.3 Å². The standard InChI is InChI=1S/C24H28N4O6/c1-32-21-12-18(14-27-28-24(31)23(30)26-15-19-8-5-11-33-19)9-10-20(21)34-16-22(29)25-13-17-6-3-2-4-7-17/h2-4,6-7,9-10,12,14,19H,5,8,11,13,15-16H2,1H3,(H,25,29)(H,26,30)(H,28,31)/b27-14-/t19-/m0/s1. The van der Waals surface area contributed by atoms with Gasteiger partial charge >= 0.3 is 11.8 Å². The number of amides is 3. The first-order valence-corrected chi connectivity index (χ1v) is 10.9. The molecule has 0 bridgehead atoms. The predicted molar refractivity (Wildman–Crippen MR) is 124 cm³/mol. The molecule has 3 amide bonds. The Balaban J connectivity index is 1.44. The summed E-state index contributed by atoms with van der Waals surface area (Å²) < 4.78 is 16.3. The van der Waals surface area contributed by atoms with Crippen molar-refractivity contribution in [3.63, 3.8) is 0 Å². The molecule has 10 heteroatoms. The van der Waals surface area contributed by atoms with Crippen LogP contribution in [0.1, 0.15) is 24.0 Å². The molecular formula is C24H28N4O6. The van der Waals surface area contributed by atoms with Gasteiger partial charge in [-0.15, -0.1) is 0 Å². The summed E-state index contributed by atoms with van der Waals surface area (Å²) in [4.78, 5) is 35.7. The Morgan fingerprint density at radius 2 is 1.91 bits per heavy atom. The minimum absolute atomic E-state index is 0.0524. The molecular weight excluding hydrogens is 440 g/mol. The minimum atomic E-state index is -0.873. The lowest BCUT2D eigenvalue weighted by molar-refractivity contribution is -0.139. The Morgan fingerprint density at radius 1 is 1.09 bits per heavy atom. The Morgan fingerprint density at radius 3 is 2.65 bits per heavy atom. The third kappa shape index (κ3) is 7.89. The first kappa shape index (κ1) is 24.7. The van der Waals surface area contributed by atoms with Crippen LogP contribution in [0.15, 0.2) is 53.6 Å². The average Bonchev–Trinajstić information content (AvgIpc) is 3.39. The molecule has 1 fully saturated rings. The lowest BCUT2D eigenvalue weighted by Crippen LogP contribution is -2.41. The molecule has 0 radical (unpaired) electrons. The van der Waals surface area contributed by atoms with Crippen molar-refractivity contribution < 1.29 is 28.6 Å². The smallest absolute Gasteiger partial charge is 0.329 e. The number of nitrogens with one attached hydrogen (secondary N) is 3. The van der Waals surface area contributed by atoms with Gasteiger partial charge in [-0.25, -0.2) is 5.43 Å². The number of rotatable bonds is 10. The predicted octanol–water partition coefficient (Wildman–Crippen LogP) is 1.14. The number of nitrogens with zero attached hydrogens (tertiary/aromatic N) is 1. The lowest BCUT2D eigenvalue weighted by Gasteiger charge is -2.11. The van der Waals surface area contributed by atoms with E-state index in [0.29, 0.717) is 36.8 Å². The van der Waals surface area contributed by atoms with Crippen LogP contribution < -0.4 is 25.5 Å². The zero-order chi connectivity index (χ0) is 24.2. The summed E-state index contributed by atoms with van der Waals surface area (Å²) in [6.07, 6.45) is 3.12. The van der Waals surface area contributed by atoms with Gasteiger partial charge in [0.05, 0.1) is 19.4 Å².